The third-order valence-electron chi connectivity index (χ3n) is 2.36. The van der Waals surface area contributed by atoms with Gasteiger partial charge >= 0.3 is 0 Å². The van der Waals surface area contributed by atoms with E-state index in [1.54, 1.807) is 10.9 Å². The van der Waals surface area contributed by atoms with Gasteiger partial charge in [-0.25, -0.2) is 0 Å². The summed E-state index contributed by atoms with van der Waals surface area (Å²) in [5, 5.41) is 8.44. The molecular formula is C9H14N4O2S. The van der Waals surface area contributed by atoms with Crippen molar-refractivity contribution < 1.29 is 9.53 Å². The highest BCUT2D eigenvalue weighted by Crippen LogP contribution is 2.14. The van der Waals surface area contributed by atoms with Crippen LogP contribution in [0.4, 0.5) is 0 Å². The quantitative estimate of drug-likeness (QED) is 0.685. The Morgan fingerprint density at radius 2 is 2.31 bits per heavy atom. The number of amides is 1. The molecule has 1 aromatic rings. The monoisotopic (exact) mass is 242 g/mol. The first-order chi connectivity index (χ1) is 7.77. The zero-order chi connectivity index (χ0) is 11.4. The van der Waals surface area contributed by atoms with E-state index >= 15 is 0 Å². The molecule has 0 saturated carbocycles. The zero-order valence-corrected chi connectivity index (χ0v) is 9.94. The molecule has 0 radical (unpaired) electrons. The van der Waals surface area contributed by atoms with E-state index in [4.69, 9.17) is 4.74 Å². The lowest BCUT2D eigenvalue weighted by Crippen LogP contribution is -2.41. The first kappa shape index (κ1) is 11.4. The highest BCUT2D eigenvalue weighted by atomic mass is 32.2. The molecule has 7 heteroatoms. The first-order valence-corrected chi connectivity index (χ1v) is 6.08. The summed E-state index contributed by atoms with van der Waals surface area (Å²) in [4.78, 5) is 13.6. The third kappa shape index (κ3) is 2.73. The zero-order valence-electron chi connectivity index (χ0n) is 9.13. The summed E-state index contributed by atoms with van der Waals surface area (Å²) < 4.78 is 7.00. The Morgan fingerprint density at radius 3 is 2.94 bits per heavy atom. The van der Waals surface area contributed by atoms with Crippen molar-refractivity contribution in [3.63, 3.8) is 0 Å². The van der Waals surface area contributed by atoms with E-state index in [9.17, 15) is 4.79 Å². The topological polar surface area (TPSA) is 60.2 Å². The molecule has 88 valence electrons. The minimum Gasteiger partial charge on any atom is -0.378 e. The number of rotatable bonds is 3. The van der Waals surface area contributed by atoms with E-state index in [0.717, 1.165) is 5.16 Å². The van der Waals surface area contributed by atoms with Gasteiger partial charge in [-0.2, -0.15) is 0 Å². The molecule has 16 heavy (non-hydrogen) atoms. The van der Waals surface area contributed by atoms with E-state index in [2.05, 4.69) is 10.2 Å². The maximum Gasteiger partial charge on any atom is 0.233 e. The van der Waals surface area contributed by atoms with Crippen molar-refractivity contribution in [2.24, 2.45) is 7.05 Å². The minimum absolute atomic E-state index is 0.135. The number of aromatic nitrogens is 3. The predicted molar refractivity (Wildman–Crippen MR) is 59.1 cm³/mol. The van der Waals surface area contributed by atoms with Gasteiger partial charge in [-0.3, -0.25) is 4.79 Å². The van der Waals surface area contributed by atoms with E-state index in [0.29, 0.717) is 32.1 Å². The van der Waals surface area contributed by atoms with Crippen LogP contribution >= 0.6 is 11.8 Å². The molecule has 1 amide bonds. The van der Waals surface area contributed by atoms with Crippen molar-refractivity contribution in [1.82, 2.24) is 19.7 Å². The molecule has 2 rings (SSSR count). The smallest absolute Gasteiger partial charge is 0.233 e. The second kappa shape index (κ2) is 5.31. The van der Waals surface area contributed by atoms with Crippen molar-refractivity contribution >= 4 is 17.7 Å². The van der Waals surface area contributed by atoms with Crippen LogP contribution in [0, 0.1) is 0 Å². The fourth-order valence-corrected chi connectivity index (χ4v) is 2.22. The Morgan fingerprint density at radius 1 is 1.56 bits per heavy atom. The number of ether oxygens (including phenoxy) is 1. The molecule has 0 atom stereocenters. The van der Waals surface area contributed by atoms with Crippen LogP contribution in [0.3, 0.4) is 0 Å². The van der Waals surface area contributed by atoms with Crippen LogP contribution in [-0.4, -0.2) is 57.6 Å². The summed E-state index contributed by atoms with van der Waals surface area (Å²) in [6.45, 7) is 2.66. The number of carbonyl (C=O) groups excluding carboxylic acids is 1. The number of nitrogens with zero attached hydrogens (tertiary/aromatic N) is 4. The number of morpholine rings is 1. The Bertz CT molecular complexity index is 362. The largest absolute Gasteiger partial charge is 0.378 e. The number of aryl methyl sites for hydroxylation is 1. The van der Waals surface area contributed by atoms with Crippen LogP contribution in [-0.2, 0) is 16.6 Å². The molecule has 0 aliphatic carbocycles. The van der Waals surface area contributed by atoms with E-state index in [-0.39, 0.29) is 5.91 Å². The van der Waals surface area contributed by atoms with Crippen LogP contribution < -0.4 is 0 Å². The van der Waals surface area contributed by atoms with Crippen molar-refractivity contribution in [2.75, 3.05) is 32.1 Å². The highest BCUT2D eigenvalue weighted by molar-refractivity contribution is 7.99. The van der Waals surface area contributed by atoms with Crippen molar-refractivity contribution in [3.05, 3.63) is 6.33 Å². The highest BCUT2D eigenvalue weighted by Gasteiger charge is 2.17. The predicted octanol–water partition coefficient (Wildman–Crippen LogP) is -0.234. The van der Waals surface area contributed by atoms with Gasteiger partial charge < -0.3 is 14.2 Å². The second-order valence-corrected chi connectivity index (χ2v) is 4.45. The van der Waals surface area contributed by atoms with Crippen molar-refractivity contribution in [1.29, 1.82) is 0 Å². The number of carbonyl (C=O) groups is 1. The molecule has 1 aromatic heterocycles. The van der Waals surface area contributed by atoms with Gasteiger partial charge in [-0.1, -0.05) is 11.8 Å². The SMILES string of the molecule is Cn1cnnc1SCC(=O)N1CCOCC1. The van der Waals surface area contributed by atoms with Gasteiger partial charge in [0.15, 0.2) is 5.16 Å². The molecule has 1 fully saturated rings. The summed E-state index contributed by atoms with van der Waals surface area (Å²) in [6, 6.07) is 0. The summed E-state index contributed by atoms with van der Waals surface area (Å²) in [5.74, 6) is 0.545. The summed E-state index contributed by atoms with van der Waals surface area (Å²) in [7, 11) is 1.86. The molecule has 6 nitrogen and oxygen atoms in total. The second-order valence-electron chi connectivity index (χ2n) is 3.51. The normalized spacial score (nSPS) is 16.4. The lowest BCUT2D eigenvalue weighted by atomic mass is 10.4. The lowest BCUT2D eigenvalue weighted by molar-refractivity contribution is -0.132. The molecule has 0 spiro atoms. The van der Waals surface area contributed by atoms with E-state index < -0.39 is 0 Å². The van der Waals surface area contributed by atoms with Gasteiger partial charge in [0.05, 0.1) is 19.0 Å². The van der Waals surface area contributed by atoms with Crippen LogP contribution in [0.2, 0.25) is 0 Å². The number of hydrogen-bond acceptors (Lipinski definition) is 5. The van der Waals surface area contributed by atoms with Gasteiger partial charge in [0.1, 0.15) is 6.33 Å². The summed E-state index contributed by atoms with van der Waals surface area (Å²) in [6.07, 6.45) is 1.63. The van der Waals surface area contributed by atoms with E-state index in [1.807, 2.05) is 11.9 Å². The fourth-order valence-electron chi connectivity index (χ4n) is 1.43. The molecule has 2 heterocycles. The number of hydrogen-bond donors (Lipinski definition) is 0. The molecule has 1 aliphatic rings. The fraction of sp³-hybridized carbons (Fsp3) is 0.667. The van der Waals surface area contributed by atoms with Crippen molar-refractivity contribution in [2.45, 2.75) is 5.16 Å². The van der Waals surface area contributed by atoms with Crippen molar-refractivity contribution in [3.8, 4) is 0 Å². The van der Waals surface area contributed by atoms with Gasteiger partial charge in [0.25, 0.3) is 0 Å². The molecule has 1 aliphatic heterocycles. The Balaban J connectivity index is 1.81. The van der Waals surface area contributed by atoms with Gasteiger partial charge in [0, 0.05) is 20.1 Å². The van der Waals surface area contributed by atoms with Gasteiger partial charge in [0.2, 0.25) is 5.91 Å². The Kier molecular flexibility index (Phi) is 3.79. The molecule has 0 aromatic carbocycles. The average Bonchev–Trinajstić information content (AvgIpc) is 2.73. The number of thioether (sulfide) groups is 1. The third-order valence-corrected chi connectivity index (χ3v) is 3.38. The molecule has 0 unspecified atom stereocenters. The maximum atomic E-state index is 11.8. The lowest BCUT2D eigenvalue weighted by Gasteiger charge is -2.26. The molecule has 1 saturated heterocycles. The van der Waals surface area contributed by atoms with Gasteiger partial charge in [-0.15, -0.1) is 10.2 Å². The van der Waals surface area contributed by atoms with Crippen LogP contribution in [0.25, 0.3) is 0 Å². The summed E-state index contributed by atoms with van der Waals surface area (Å²) >= 11 is 1.41. The summed E-state index contributed by atoms with van der Waals surface area (Å²) in [5.41, 5.74) is 0. The Labute approximate surface area is 98.0 Å². The van der Waals surface area contributed by atoms with Crippen LogP contribution in [0.15, 0.2) is 11.5 Å². The molecule has 0 bridgehead atoms. The average molecular weight is 242 g/mol. The molecular weight excluding hydrogens is 228 g/mol. The maximum absolute atomic E-state index is 11.8. The van der Waals surface area contributed by atoms with E-state index in [1.165, 1.54) is 11.8 Å². The Hall–Kier alpha value is -1.08. The van der Waals surface area contributed by atoms with Gasteiger partial charge in [-0.05, 0) is 0 Å². The standard InChI is InChI=1S/C9H14N4O2S/c1-12-7-10-11-9(12)16-6-8(14)13-2-4-15-5-3-13/h7H,2-6H2,1H3. The van der Waals surface area contributed by atoms with Crippen LogP contribution in [0.5, 0.6) is 0 Å². The molecule has 0 N–H and O–H groups in total. The minimum atomic E-state index is 0.135. The first-order valence-electron chi connectivity index (χ1n) is 5.09. The van der Waals surface area contributed by atoms with Crippen LogP contribution in [0.1, 0.15) is 0 Å².